The van der Waals surface area contributed by atoms with Gasteiger partial charge in [-0.25, -0.2) is 8.42 Å². The Balaban J connectivity index is 2.34. The van der Waals surface area contributed by atoms with E-state index in [1.807, 2.05) is 18.7 Å². The van der Waals surface area contributed by atoms with Gasteiger partial charge in [0.2, 0.25) is 10.0 Å². The Kier molecular flexibility index (Phi) is 5.23. The van der Waals surface area contributed by atoms with Crippen LogP contribution in [0.15, 0.2) is 20.0 Å². The molecule has 2 atom stereocenters. The summed E-state index contributed by atoms with van der Waals surface area (Å²) in [6, 6.07) is 1.57. The molecular formula is C12H19BrN2O3S2. The van der Waals surface area contributed by atoms with Crippen LogP contribution in [0, 0.1) is 0 Å². The highest BCUT2D eigenvalue weighted by atomic mass is 79.9. The van der Waals surface area contributed by atoms with Crippen LogP contribution in [0.2, 0.25) is 0 Å². The molecule has 0 amide bonds. The van der Waals surface area contributed by atoms with Gasteiger partial charge in [-0.2, -0.15) is 16.1 Å². The first kappa shape index (κ1) is 16.4. The number of thioether (sulfide) groups is 1. The fourth-order valence-corrected chi connectivity index (χ4v) is 6.16. The lowest BCUT2D eigenvalue weighted by molar-refractivity contribution is 0.339. The Labute approximate surface area is 132 Å². The zero-order chi connectivity index (χ0) is 14.9. The van der Waals surface area contributed by atoms with Crippen LogP contribution in [-0.2, 0) is 16.6 Å². The Bertz CT molecular complexity index is 573. The summed E-state index contributed by atoms with van der Waals surface area (Å²) in [5, 5.41) is 3.24. The van der Waals surface area contributed by atoms with Crippen molar-refractivity contribution >= 4 is 37.7 Å². The molecule has 1 aliphatic heterocycles. The van der Waals surface area contributed by atoms with Gasteiger partial charge in [0, 0.05) is 29.7 Å². The second-order valence-electron chi connectivity index (χ2n) is 4.81. The standard InChI is InChI=1S/C12H19BrN2O3S2/c1-8-9(2)19-5-4-15(8)20(16,17)11-6-10(7-14-3)18-12(11)13/h6,8-9,14H,4-5,7H2,1-3H3. The molecule has 0 spiro atoms. The highest BCUT2D eigenvalue weighted by Gasteiger charge is 2.37. The number of furan rings is 1. The maximum absolute atomic E-state index is 12.8. The Hall–Kier alpha value is -0.0200. The number of hydrogen-bond donors (Lipinski definition) is 1. The minimum Gasteiger partial charge on any atom is -0.452 e. The molecule has 8 heteroatoms. The first-order valence-corrected chi connectivity index (χ1v) is 9.72. The van der Waals surface area contributed by atoms with E-state index in [1.54, 1.807) is 17.4 Å². The van der Waals surface area contributed by atoms with Crippen molar-refractivity contribution in [2.75, 3.05) is 19.3 Å². The summed E-state index contributed by atoms with van der Waals surface area (Å²) in [5.74, 6) is 1.42. The van der Waals surface area contributed by atoms with Gasteiger partial charge in [-0.15, -0.1) is 0 Å². The van der Waals surface area contributed by atoms with E-state index in [-0.39, 0.29) is 15.6 Å². The lowest BCUT2D eigenvalue weighted by atomic mass is 10.2. The van der Waals surface area contributed by atoms with Crippen molar-refractivity contribution in [3.63, 3.8) is 0 Å². The first-order valence-electron chi connectivity index (χ1n) is 6.44. The van der Waals surface area contributed by atoms with Gasteiger partial charge >= 0.3 is 0 Å². The van der Waals surface area contributed by atoms with Gasteiger partial charge in [0.1, 0.15) is 10.7 Å². The van der Waals surface area contributed by atoms with Crippen LogP contribution in [-0.4, -0.2) is 43.4 Å². The molecule has 0 radical (unpaired) electrons. The molecule has 2 heterocycles. The van der Waals surface area contributed by atoms with Crippen molar-refractivity contribution in [1.29, 1.82) is 0 Å². The number of nitrogens with one attached hydrogen (secondary N) is 1. The van der Waals surface area contributed by atoms with Crippen LogP contribution in [0.5, 0.6) is 0 Å². The number of hydrogen-bond acceptors (Lipinski definition) is 5. The lowest BCUT2D eigenvalue weighted by Gasteiger charge is -2.36. The van der Waals surface area contributed by atoms with E-state index in [0.29, 0.717) is 24.1 Å². The van der Waals surface area contributed by atoms with Crippen LogP contribution >= 0.6 is 27.7 Å². The average molecular weight is 383 g/mol. The third kappa shape index (κ3) is 3.09. The summed E-state index contributed by atoms with van der Waals surface area (Å²) in [5.41, 5.74) is 0. The van der Waals surface area contributed by atoms with Crippen LogP contribution in [0.4, 0.5) is 0 Å². The normalized spacial score (nSPS) is 25.0. The van der Waals surface area contributed by atoms with Gasteiger partial charge in [-0.3, -0.25) is 0 Å². The third-order valence-corrected chi connectivity index (χ3v) is 7.65. The van der Waals surface area contributed by atoms with E-state index in [1.165, 1.54) is 0 Å². The molecule has 5 nitrogen and oxygen atoms in total. The van der Waals surface area contributed by atoms with Gasteiger partial charge in [0.15, 0.2) is 4.67 Å². The molecule has 114 valence electrons. The predicted molar refractivity (Wildman–Crippen MR) is 84.4 cm³/mol. The molecule has 20 heavy (non-hydrogen) atoms. The molecule has 1 N–H and O–H groups in total. The van der Waals surface area contributed by atoms with Crippen molar-refractivity contribution < 1.29 is 12.8 Å². The molecule has 2 rings (SSSR count). The molecule has 1 aliphatic rings. The van der Waals surface area contributed by atoms with Crippen molar-refractivity contribution in [1.82, 2.24) is 9.62 Å². The largest absolute Gasteiger partial charge is 0.452 e. The first-order chi connectivity index (χ1) is 9.37. The predicted octanol–water partition coefficient (Wildman–Crippen LogP) is 2.28. The highest BCUT2D eigenvalue weighted by Crippen LogP contribution is 2.33. The van der Waals surface area contributed by atoms with E-state index < -0.39 is 10.0 Å². The number of rotatable bonds is 4. The molecule has 2 unspecified atom stereocenters. The van der Waals surface area contributed by atoms with Gasteiger partial charge in [-0.1, -0.05) is 6.92 Å². The van der Waals surface area contributed by atoms with Crippen molar-refractivity contribution in [3.8, 4) is 0 Å². The summed E-state index contributed by atoms with van der Waals surface area (Å²) >= 11 is 5.03. The van der Waals surface area contributed by atoms with Crippen LogP contribution in [0.1, 0.15) is 19.6 Å². The van der Waals surface area contributed by atoms with Crippen molar-refractivity contribution in [2.45, 2.75) is 36.6 Å². The third-order valence-electron chi connectivity index (χ3n) is 3.47. The molecule has 1 aromatic heterocycles. The second-order valence-corrected chi connectivity index (χ2v) is 8.88. The molecular weight excluding hydrogens is 364 g/mol. The quantitative estimate of drug-likeness (QED) is 0.865. The fraction of sp³-hybridized carbons (Fsp3) is 0.667. The average Bonchev–Trinajstić information content (AvgIpc) is 2.75. The van der Waals surface area contributed by atoms with Crippen LogP contribution < -0.4 is 5.32 Å². The summed E-state index contributed by atoms with van der Waals surface area (Å²) in [6.07, 6.45) is 0. The van der Waals surface area contributed by atoms with Gasteiger partial charge in [-0.05, 0) is 29.9 Å². The van der Waals surface area contributed by atoms with Crippen molar-refractivity contribution in [3.05, 3.63) is 16.5 Å². The van der Waals surface area contributed by atoms with E-state index in [2.05, 4.69) is 28.2 Å². The lowest BCUT2D eigenvalue weighted by Crippen LogP contribution is -2.47. The van der Waals surface area contributed by atoms with E-state index in [9.17, 15) is 8.42 Å². The minimum absolute atomic E-state index is 0.0201. The van der Waals surface area contributed by atoms with Gasteiger partial charge in [0.05, 0.1) is 6.54 Å². The van der Waals surface area contributed by atoms with Crippen LogP contribution in [0.3, 0.4) is 0 Å². The zero-order valence-corrected chi connectivity index (χ0v) is 14.9. The molecule has 1 saturated heterocycles. The molecule has 0 saturated carbocycles. The van der Waals surface area contributed by atoms with E-state index >= 15 is 0 Å². The maximum atomic E-state index is 12.8. The molecule has 1 fully saturated rings. The van der Waals surface area contributed by atoms with E-state index in [4.69, 9.17) is 4.42 Å². The van der Waals surface area contributed by atoms with Crippen molar-refractivity contribution in [2.24, 2.45) is 0 Å². The summed E-state index contributed by atoms with van der Waals surface area (Å²) in [7, 11) is -1.73. The number of sulfonamides is 1. The monoisotopic (exact) mass is 382 g/mol. The van der Waals surface area contributed by atoms with Crippen LogP contribution in [0.25, 0.3) is 0 Å². The topological polar surface area (TPSA) is 62.6 Å². The maximum Gasteiger partial charge on any atom is 0.247 e. The zero-order valence-electron chi connectivity index (χ0n) is 11.7. The minimum atomic E-state index is -3.52. The van der Waals surface area contributed by atoms with E-state index in [0.717, 1.165) is 5.75 Å². The number of halogens is 1. The second kappa shape index (κ2) is 6.39. The summed E-state index contributed by atoms with van der Waals surface area (Å²) in [6.45, 7) is 5.05. The molecule has 1 aromatic rings. The van der Waals surface area contributed by atoms with Gasteiger partial charge < -0.3 is 9.73 Å². The number of nitrogens with zero attached hydrogens (tertiary/aromatic N) is 1. The molecule has 0 bridgehead atoms. The Morgan fingerprint density at radius 1 is 1.55 bits per heavy atom. The summed E-state index contributed by atoms with van der Waals surface area (Å²) in [4.78, 5) is 0.216. The summed E-state index contributed by atoms with van der Waals surface area (Å²) < 4.78 is 32.9. The highest BCUT2D eigenvalue weighted by molar-refractivity contribution is 9.10. The fourth-order valence-electron chi connectivity index (χ4n) is 2.21. The smallest absolute Gasteiger partial charge is 0.247 e. The SMILES string of the molecule is CNCc1cc(S(=O)(=O)N2CCSC(C)C2C)c(Br)o1. The molecule has 0 aromatic carbocycles. The Morgan fingerprint density at radius 2 is 2.25 bits per heavy atom. The molecule has 0 aliphatic carbocycles. The Morgan fingerprint density at radius 3 is 2.90 bits per heavy atom. The van der Waals surface area contributed by atoms with Gasteiger partial charge in [0.25, 0.3) is 0 Å².